The minimum absolute atomic E-state index is 0.0315. The van der Waals surface area contributed by atoms with Gasteiger partial charge in [-0.25, -0.2) is 0 Å². The first-order chi connectivity index (χ1) is 7.81. The topological polar surface area (TPSA) is 35.5 Å². The fourth-order valence-electron chi connectivity index (χ4n) is 1.20. The third-order valence-corrected chi connectivity index (χ3v) is 2.59. The lowest BCUT2D eigenvalue weighted by atomic mass is 10.1. The van der Waals surface area contributed by atoms with E-state index >= 15 is 0 Å². The Morgan fingerprint density at radius 1 is 1.24 bits per heavy atom. The molecule has 0 atom stereocenters. The highest BCUT2D eigenvalue weighted by Gasteiger charge is 2.42. The van der Waals surface area contributed by atoms with Crippen molar-refractivity contribution in [1.29, 1.82) is 0 Å². The lowest BCUT2D eigenvalue weighted by Gasteiger charge is -2.13. The van der Waals surface area contributed by atoms with Crippen LogP contribution in [0.25, 0.3) is 0 Å². The van der Waals surface area contributed by atoms with E-state index in [0.29, 0.717) is 0 Å². The van der Waals surface area contributed by atoms with E-state index in [4.69, 9.17) is 9.47 Å². The molecule has 17 heavy (non-hydrogen) atoms. The summed E-state index contributed by atoms with van der Waals surface area (Å²) >= 11 is 2.89. The average Bonchev–Trinajstić information content (AvgIpc) is 2.25. The largest absolute Gasteiger partial charge is 0.497 e. The van der Waals surface area contributed by atoms with E-state index in [2.05, 4.69) is 15.9 Å². The predicted octanol–water partition coefficient (Wildman–Crippen LogP) is 3.21. The molecule has 7 heteroatoms. The summed E-state index contributed by atoms with van der Waals surface area (Å²) in [6.45, 7) is 0. The van der Waals surface area contributed by atoms with Gasteiger partial charge in [0, 0.05) is 10.5 Å². The Kier molecular flexibility index (Phi) is 4.03. The molecule has 0 aromatic heterocycles. The summed E-state index contributed by atoms with van der Waals surface area (Å²) in [6.07, 6.45) is -4.95. The molecule has 3 nitrogen and oxygen atoms in total. The molecule has 0 fully saturated rings. The van der Waals surface area contributed by atoms with Crippen molar-refractivity contribution in [3.63, 3.8) is 0 Å². The molecule has 1 rings (SSSR count). The van der Waals surface area contributed by atoms with Gasteiger partial charge in [0.1, 0.15) is 11.5 Å². The van der Waals surface area contributed by atoms with Crippen LogP contribution in [0.3, 0.4) is 0 Å². The molecule has 0 amide bonds. The van der Waals surface area contributed by atoms with Crippen LogP contribution in [0.15, 0.2) is 16.6 Å². The molecule has 0 unspecified atom stereocenters. The van der Waals surface area contributed by atoms with Gasteiger partial charge in [-0.15, -0.1) is 0 Å². The molecule has 0 bridgehead atoms. The van der Waals surface area contributed by atoms with Crippen LogP contribution in [0.4, 0.5) is 13.2 Å². The monoisotopic (exact) mass is 312 g/mol. The van der Waals surface area contributed by atoms with Crippen LogP contribution in [0, 0.1) is 0 Å². The Hall–Kier alpha value is -1.24. The molecule has 0 aliphatic rings. The van der Waals surface area contributed by atoms with Crippen LogP contribution >= 0.6 is 15.9 Å². The number of ketones is 1. The number of rotatable bonds is 3. The molecule has 0 N–H and O–H groups in total. The minimum atomic E-state index is -4.95. The third kappa shape index (κ3) is 2.91. The fraction of sp³-hybridized carbons (Fsp3) is 0.300. The van der Waals surface area contributed by atoms with Crippen molar-refractivity contribution in [2.75, 3.05) is 14.2 Å². The number of benzene rings is 1. The van der Waals surface area contributed by atoms with Crippen molar-refractivity contribution in [1.82, 2.24) is 0 Å². The van der Waals surface area contributed by atoms with Gasteiger partial charge < -0.3 is 9.47 Å². The third-order valence-electron chi connectivity index (χ3n) is 1.97. The number of halogens is 4. The van der Waals surface area contributed by atoms with Gasteiger partial charge in [0.15, 0.2) is 0 Å². The Morgan fingerprint density at radius 2 is 1.82 bits per heavy atom. The summed E-state index contributed by atoms with van der Waals surface area (Å²) in [6, 6.07) is 2.48. The number of methoxy groups -OCH3 is 2. The highest BCUT2D eigenvalue weighted by Crippen LogP contribution is 2.36. The second kappa shape index (κ2) is 4.95. The Morgan fingerprint density at radius 3 is 2.24 bits per heavy atom. The van der Waals surface area contributed by atoms with Gasteiger partial charge in [0.25, 0.3) is 5.78 Å². The molecular formula is C10H8BrF3O3. The van der Waals surface area contributed by atoms with Crippen molar-refractivity contribution in [3.05, 3.63) is 22.2 Å². The highest BCUT2D eigenvalue weighted by molar-refractivity contribution is 9.10. The van der Waals surface area contributed by atoms with Crippen LogP contribution in [-0.2, 0) is 0 Å². The maximum Gasteiger partial charge on any atom is 0.455 e. The number of alkyl halides is 3. The second-order valence-electron chi connectivity index (χ2n) is 3.01. The zero-order valence-corrected chi connectivity index (χ0v) is 10.5. The average molecular weight is 313 g/mol. The summed E-state index contributed by atoms with van der Waals surface area (Å²) in [7, 11) is 2.53. The number of hydrogen-bond donors (Lipinski definition) is 0. The number of carbonyl (C=O) groups is 1. The SMILES string of the molecule is COc1cc(Br)c(C(=O)C(F)(F)F)c(OC)c1. The molecule has 0 saturated carbocycles. The molecule has 1 aromatic rings. The number of carbonyl (C=O) groups excluding carboxylic acids is 1. The van der Waals surface area contributed by atoms with Crippen molar-refractivity contribution < 1.29 is 27.4 Å². The first-order valence-electron chi connectivity index (χ1n) is 4.34. The Balaban J connectivity index is 3.38. The highest BCUT2D eigenvalue weighted by atomic mass is 79.9. The van der Waals surface area contributed by atoms with Crippen molar-refractivity contribution in [3.8, 4) is 11.5 Å². The van der Waals surface area contributed by atoms with Gasteiger partial charge in [0.2, 0.25) is 0 Å². The summed E-state index contributed by atoms with van der Waals surface area (Å²) < 4.78 is 46.6. The molecule has 0 aliphatic carbocycles. The standard InChI is InChI=1S/C10H8BrF3O3/c1-16-5-3-6(11)8(7(4-5)17-2)9(15)10(12,13)14/h3-4H,1-2H3. The molecule has 0 radical (unpaired) electrons. The smallest absolute Gasteiger partial charge is 0.455 e. The van der Waals surface area contributed by atoms with E-state index in [1.165, 1.54) is 26.4 Å². The minimum Gasteiger partial charge on any atom is -0.497 e. The summed E-state index contributed by atoms with van der Waals surface area (Å²) in [5.74, 6) is -1.88. The van der Waals surface area contributed by atoms with E-state index in [-0.39, 0.29) is 16.0 Å². The first-order valence-corrected chi connectivity index (χ1v) is 5.13. The van der Waals surface area contributed by atoms with E-state index in [1.807, 2.05) is 0 Å². The quantitative estimate of drug-likeness (QED) is 0.804. The van der Waals surface area contributed by atoms with Gasteiger partial charge in [-0.05, 0) is 22.0 Å². The lowest BCUT2D eigenvalue weighted by molar-refractivity contribution is -0.0887. The maximum atomic E-state index is 12.4. The van der Waals surface area contributed by atoms with E-state index in [0.717, 1.165) is 0 Å². The second-order valence-corrected chi connectivity index (χ2v) is 3.87. The molecule has 0 aliphatic heterocycles. The predicted molar refractivity (Wildman–Crippen MR) is 57.6 cm³/mol. The fourth-order valence-corrected chi connectivity index (χ4v) is 1.80. The first kappa shape index (κ1) is 13.8. The van der Waals surface area contributed by atoms with Gasteiger partial charge >= 0.3 is 6.18 Å². The van der Waals surface area contributed by atoms with Gasteiger partial charge in [-0.2, -0.15) is 13.2 Å². The number of hydrogen-bond acceptors (Lipinski definition) is 3. The van der Waals surface area contributed by atoms with Gasteiger partial charge in [-0.1, -0.05) is 0 Å². The van der Waals surface area contributed by atoms with Crippen LogP contribution in [-0.4, -0.2) is 26.2 Å². The zero-order valence-electron chi connectivity index (χ0n) is 8.89. The van der Waals surface area contributed by atoms with E-state index in [1.54, 1.807) is 0 Å². The van der Waals surface area contributed by atoms with Crippen molar-refractivity contribution in [2.24, 2.45) is 0 Å². The molecule has 94 valence electrons. The van der Waals surface area contributed by atoms with Gasteiger partial charge in [-0.3, -0.25) is 4.79 Å². The van der Waals surface area contributed by atoms with Crippen LogP contribution in [0.1, 0.15) is 10.4 Å². The number of ether oxygens (including phenoxy) is 2. The van der Waals surface area contributed by atoms with E-state index in [9.17, 15) is 18.0 Å². The maximum absolute atomic E-state index is 12.4. The van der Waals surface area contributed by atoms with Crippen LogP contribution < -0.4 is 9.47 Å². The molecular weight excluding hydrogens is 305 g/mol. The van der Waals surface area contributed by atoms with Crippen molar-refractivity contribution in [2.45, 2.75) is 6.18 Å². The summed E-state index contributed by atoms with van der Waals surface area (Å²) in [5, 5.41) is 0. The van der Waals surface area contributed by atoms with E-state index < -0.39 is 17.5 Å². The van der Waals surface area contributed by atoms with Crippen LogP contribution in [0.5, 0.6) is 11.5 Å². The molecule has 0 heterocycles. The Bertz CT molecular complexity index is 443. The summed E-state index contributed by atoms with van der Waals surface area (Å²) in [5.41, 5.74) is -0.569. The van der Waals surface area contributed by atoms with Crippen molar-refractivity contribution >= 4 is 21.7 Å². The van der Waals surface area contributed by atoms with Crippen LogP contribution in [0.2, 0.25) is 0 Å². The Labute approximate surface area is 104 Å². The lowest BCUT2D eigenvalue weighted by Crippen LogP contribution is -2.23. The normalized spacial score (nSPS) is 11.2. The molecule has 0 saturated heterocycles. The molecule has 0 spiro atoms. The zero-order chi connectivity index (χ0) is 13.2. The van der Waals surface area contributed by atoms with Gasteiger partial charge in [0.05, 0.1) is 19.8 Å². The summed E-state index contributed by atoms with van der Waals surface area (Å²) in [4.78, 5) is 11.2. The molecule has 1 aromatic carbocycles. The number of Topliss-reactive ketones (excluding diaryl/α,β-unsaturated/α-hetero) is 1.